The predicted octanol–water partition coefficient (Wildman–Crippen LogP) is 5.31. The van der Waals surface area contributed by atoms with E-state index in [0.29, 0.717) is 22.2 Å². The van der Waals surface area contributed by atoms with E-state index < -0.39 is 29.6 Å². The molecule has 2 saturated heterocycles. The fraction of sp³-hybridized carbons (Fsp3) is 0.636. The molecule has 3 saturated carbocycles. The summed E-state index contributed by atoms with van der Waals surface area (Å²) in [6.45, 7) is 0. The number of halogens is 1. The molecule has 0 bridgehead atoms. The quantitative estimate of drug-likeness (QED) is 0.262. The molecule has 6 atom stereocenters. The third-order valence-corrected chi connectivity index (χ3v) is 12.0. The van der Waals surface area contributed by atoms with E-state index in [4.69, 9.17) is 4.74 Å². The Morgan fingerprint density at radius 3 is 1.93 bits per heavy atom. The molecule has 1 N–H and O–H groups in total. The first kappa shape index (κ1) is 28.3. The lowest BCUT2D eigenvalue weighted by Crippen LogP contribution is -2.44. The van der Waals surface area contributed by atoms with Crippen molar-refractivity contribution >= 4 is 46.2 Å². The van der Waals surface area contributed by atoms with Gasteiger partial charge in [0.1, 0.15) is 0 Å². The molecule has 2 aliphatic heterocycles. The molecule has 2 heterocycles. The molecule has 224 valence electrons. The number of methoxy groups -OCH3 is 1. The summed E-state index contributed by atoms with van der Waals surface area (Å²) < 4.78 is 6.11. The van der Waals surface area contributed by atoms with Crippen LogP contribution in [0, 0.1) is 33.2 Å². The number of allylic oxidation sites excluding steroid dienone is 2. The van der Waals surface area contributed by atoms with Gasteiger partial charge in [0.25, 0.3) is 0 Å². The molecule has 4 aliphatic carbocycles. The van der Waals surface area contributed by atoms with Gasteiger partial charge in [-0.05, 0) is 84.7 Å². The number of phenols is 1. The van der Waals surface area contributed by atoms with E-state index in [-0.39, 0.29) is 47.4 Å². The largest absolute Gasteiger partial charge is 0.504 e. The van der Waals surface area contributed by atoms with Gasteiger partial charge in [-0.15, -0.1) is 0 Å². The van der Waals surface area contributed by atoms with Crippen LogP contribution in [0.4, 0.5) is 0 Å². The van der Waals surface area contributed by atoms with Gasteiger partial charge in [-0.1, -0.05) is 50.2 Å². The first-order valence-corrected chi connectivity index (χ1v) is 16.9. The molecule has 1 aromatic rings. The molecule has 9 heteroatoms. The molecule has 4 amide bonds. The number of phenolic OH excluding ortho intramolecular Hbond substituents is 1. The minimum atomic E-state index is -0.565. The fourth-order valence-electron chi connectivity index (χ4n) is 9.34. The van der Waals surface area contributed by atoms with Crippen molar-refractivity contribution in [3.8, 4) is 11.5 Å². The number of carbonyl (C=O) groups excluding carboxylic acids is 4. The minimum absolute atomic E-state index is 0.0284. The Bertz CT molecular complexity index is 1360. The zero-order valence-electron chi connectivity index (χ0n) is 24.1. The van der Waals surface area contributed by atoms with Crippen molar-refractivity contribution in [2.75, 3.05) is 7.11 Å². The van der Waals surface area contributed by atoms with Gasteiger partial charge in [-0.3, -0.25) is 29.0 Å². The number of ether oxygens (including phenoxy) is 1. The normalized spacial score (nSPS) is 33.9. The summed E-state index contributed by atoms with van der Waals surface area (Å²) in [5, 5.41) is 10.6. The molecule has 1 aromatic carbocycles. The average molecular weight is 687 g/mol. The summed E-state index contributed by atoms with van der Waals surface area (Å²) in [5.74, 6) is -2.67. The van der Waals surface area contributed by atoms with Crippen LogP contribution in [-0.2, 0) is 19.2 Å². The number of likely N-dealkylation sites (tertiary alicyclic amines) is 2. The van der Waals surface area contributed by atoms with Crippen molar-refractivity contribution in [2.24, 2.45) is 29.6 Å². The molecular weight excluding hydrogens is 647 g/mol. The third-order valence-electron chi connectivity index (χ3n) is 11.2. The second-order valence-electron chi connectivity index (χ2n) is 13.3. The van der Waals surface area contributed by atoms with E-state index in [1.54, 1.807) is 15.9 Å². The summed E-state index contributed by atoms with van der Waals surface area (Å²) in [7, 11) is 1.50. The highest BCUT2D eigenvalue weighted by molar-refractivity contribution is 14.1. The molecule has 8 nitrogen and oxygen atoms in total. The Balaban J connectivity index is 1.32. The van der Waals surface area contributed by atoms with Gasteiger partial charge >= 0.3 is 0 Å². The first-order chi connectivity index (χ1) is 20.3. The zero-order chi connectivity index (χ0) is 29.3. The summed E-state index contributed by atoms with van der Waals surface area (Å²) in [6, 6.07) is 3.57. The van der Waals surface area contributed by atoms with E-state index in [2.05, 4.69) is 28.7 Å². The molecule has 0 radical (unpaired) electrons. The van der Waals surface area contributed by atoms with E-state index in [1.807, 2.05) is 6.07 Å². The lowest BCUT2D eigenvalue weighted by molar-refractivity contribution is -0.145. The van der Waals surface area contributed by atoms with E-state index in [1.165, 1.54) is 7.11 Å². The number of aromatic hydroxyl groups is 1. The summed E-state index contributed by atoms with van der Waals surface area (Å²) in [6.07, 6.45) is 12.8. The van der Waals surface area contributed by atoms with Gasteiger partial charge in [0.05, 0.1) is 34.4 Å². The number of carbonyl (C=O) groups is 4. The predicted molar refractivity (Wildman–Crippen MR) is 162 cm³/mol. The van der Waals surface area contributed by atoms with Gasteiger partial charge < -0.3 is 9.84 Å². The van der Waals surface area contributed by atoms with Crippen molar-refractivity contribution in [1.82, 2.24) is 9.80 Å². The highest BCUT2D eigenvalue weighted by Crippen LogP contribution is 2.59. The molecule has 0 aromatic heterocycles. The number of hydrogen-bond acceptors (Lipinski definition) is 6. The topological polar surface area (TPSA) is 104 Å². The summed E-state index contributed by atoms with van der Waals surface area (Å²) in [5.41, 5.74) is 1.81. The second kappa shape index (κ2) is 10.9. The lowest BCUT2D eigenvalue weighted by atomic mass is 9.57. The molecule has 6 unspecified atom stereocenters. The lowest BCUT2D eigenvalue weighted by Gasteiger charge is -2.44. The van der Waals surface area contributed by atoms with Crippen LogP contribution in [0.2, 0.25) is 0 Å². The number of amides is 4. The standard InChI is InChI=1S/C33H39IN2O6/c1-42-25-15-17(14-24(34)29(25)37)26-20-12-13-21-27(32(40)35(30(21)38)18-8-4-2-5-9-18)22(20)16-23-28(26)33(41)36(31(23)39)19-10-6-3-7-11-19/h12,14-15,18-19,21-23,26-28,37H,2-11,13,16H2,1H3. The van der Waals surface area contributed by atoms with Gasteiger partial charge in [-0.2, -0.15) is 0 Å². The molecule has 42 heavy (non-hydrogen) atoms. The van der Waals surface area contributed by atoms with Crippen molar-refractivity contribution in [2.45, 2.75) is 95.1 Å². The second-order valence-corrected chi connectivity index (χ2v) is 14.4. The molecule has 7 rings (SSSR count). The summed E-state index contributed by atoms with van der Waals surface area (Å²) in [4.78, 5) is 59.5. The molecule has 6 aliphatic rings. The van der Waals surface area contributed by atoms with Gasteiger partial charge in [0.15, 0.2) is 11.5 Å². The van der Waals surface area contributed by atoms with Crippen LogP contribution in [0.1, 0.15) is 88.5 Å². The van der Waals surface area contributed by atoms with Crippen molar-refractivity contribution in [3.05, 3.63) is 32.9 Å². The van der Waals surface area contributed by atoms with Crippen LogP contribution >= 0.6 is 22.6 Å². The smallest absolute Gasteiger partial charge is 0.234 e. The van der Waals surface area contributed by atoms with Crippen molar-refractivity contribution in [3.63, 3.8) is 0 Å². The maximum atomic E-state index is 14.3. The maximum absolute atomic E-state index is 14.3. The van der Waals surface area contributed by atoms with Crippen LogP contribution in [-0.4, -0.2) is 57.7 Å². The number of imide groups is 2. The molecular formula is C33H39IN2O6. The highest BCUT2D eigenvalue weighted by Gasteiger charge is 2.63. The Labute approximate surface area is 260 Å². The van der Waals surface area contributed by atoms with Gasteiger partial charge in [0.2, 0.25) is 23.6 Å². The molecule has 5 fully saturated rings. The van der Waals surface area contributed by atoms with Crippen molar-refractivity contribution < 1.29 is 29.0 Å². The maximum Gasteiger partial charge on any atom is 0.234 e. The number of hydrogen-bond donors (Lipinski definition) is 1. The van der Waals surface area contributed by atoms with Crippen LogP contribution in [0.3, 0.4) is 0 Å². The van der Waals surface area contributed by atoms with E-state index in [9.17, 15) is 24.3 Å². The monoisotopic (exact) mass is 686 g/mol. The number of benzene rings is 1. The van der Waals surface area contributed by atoms with Gasteiger partial charge in [0, 0.05) is 18.0 Å². The van der Waals surface area contributed by atoms with E-state index >= 15 is 0 Å². The highest BCUT2D eigenvalue weighted by atomic mass is 127. The van der Waals surface area contributed by atoms with Crippen LogP contribution in [0.25, 0.3) is 0 Å². The number of rotatable bonds is 4. The van der Waals surface area contributed by atoms with Crippen molar-refractivity contribution in [1.29, 1.82) is 0 Å². The fourth-order valence-corrected chi connectivity index (χ4v) is 9.96. The van der Waals surface area contributed by atoms with Crippen LogP contribution < -0.4 is 4.74 Å². The Morgan fingerprint density at radius 2 is 1.33 bits per heavy atom. The summed E-state index contributed by atoms with van der Waals surface area (Å²) >= 11 is 2.07. The van der Waals surface area contributed by atoms with E-state index in [0.717, 1.165) is 75.3 Å². The minimum Gasteiger partial charge on any atom is -0.504 e. The van der Waals surface area contributed by atoms with Crippen LogP contribution in [0.15, 0.2) is 23.8 Å². The van der Waals surface area contributed by atoms with Crippen LogP contribution in [0.5, 0.6) is 11.5 Å². The Kier molecular flexibility index (Phi) is 7.38. The number of fused-ring (bicyclic) bond motifs is 4. The zero-order valence-corrected chi connectivity index (χ0v) is 26.3. The number of nitrogens with zero attached hydrogens (tertiary/aromatic N) is 2. The first-order valence-electron chi connectivity index (χ1n) is 15.8. The molecule has 0 spiro atoms. The Morgan fingerprint density at radius 1 is 0.762 bits per heavy atom. The van der Waals surface area contributed by atoms with Gasteiger partial charge in [-0.25, -0.2) is 0 Å². The average Bonchev–Trinajstić information content (AvgIpc) is 3.41. The Hall–Kier alpha value is -2.43. The third kappa shape index (κ3) is 4.26. The SMILES string of the molecule is COc1cc(C2C3=CCC4C(=O)N(C5CCCCC5)C(=O)C4C3CC3C(=O)N(C4CCCCC4)C(=O)C32)cc(I)c1O.